The molecule has 0 spiro atoms. The average Bonchev–Trinajstić information content (AvgIpc) is 3.25. The SMILES string of the molecule is c1ccc(-c2cn[nH]c2C2CCN(Cc3ccc4ncccc4c3)CC2)cc1. The van der Waals surface area contributed by atoms with Crippen LogP contribution in [-0.2, 0) is 6.54 Å². The standard InChI is InChI=1S/C24H24N4/c1-2-5-19(6-3-1)22-16-26-27-24(22)20-10-13-28(14-11-20)17-18-8-9-23-21(15-18)7-4-12-25-23/h1-9,12,15-16,20H,10-11,13-14,17H2,(H,26,27). The molecule has 5 rings (SSSR count). The molecule has 0 atom stereocenters. The summed E-state index contributed by atoms with van der Waals surface area (Å²) in [5.74, 6) is 0.551. The monoisotopic (exact) mass is 368 g/mol. The number of aromatic nitrogens is 3. The van der Waals surface area contributed by atoms with Gasteiger partial charge in [0, 0.05) is 35.3 Å². The van der Waals surface area contributed by atoms with Gasteiger partial charge in [-0.3, -0.25) is 15.0 Å². The lowest BCUT2D eigenvalue weighted by molar-refractivity contribution is 0.203. The van der Waals surface area contributed by atoms with Crippen molar-refractivity contribution in [3.8, 4) is 11.1 Å². The molecule has 2 aromatic carbocycles. The number of rotatable bonds is 4. The summed E-state index contributed by atoms with van der Waals surface area (Å²) in [5.41, 5.74) is 6.23. The largest absolute Gasteiger partial charge is 0.299 e. The Morgan fingerprint density at radius 3 is 2.68 bits per heavy atom. The van der Waals surface area contributed by atoms with Crippen molar-refractivity contribution in [2.45, 2.75) is 25.3 Å². The minimum Gasteiger partial charge on any atom is -0.299 e. The molecule has 0 saturated carbocycles. The van der Waals surface area contributed by atoms with Crippen LogP contribution in [0, 0.1) is 0 Å². The maximum atomic E-state index is 4.42. The van der Waals surface area contributed by atoms with E-state index in [0.29, 0.717) is 5.92 Å². The number of piperidine rings is 1. The molecule has 1 aliphatic heterocycles. The van der Waals surface area contributed by atoms with Crippen LogP contribution >= 0.6 is 0 Å². The normalized spacial score (nSPS) is 15.9. The van der Waals surface area contributed by atoms with E-state index in [9.17, 15) is 0 Å². The molecule has 4 aromatic rings. The van der Waals surface area contributed by atoms with Gasteiger partial charge >= 0.3 is 0 Å². The van der Waals surface area contributed by atoms with Gasteiger partial charge in [-0.25, -0.2) is 0 Å². The van der Waals surface area contributed by atoms with E-state index in [2.05, 4.69) is 74.7 Å². The van der Waals surface area contributed by atoms with Crippen LogP contribution in [0.15, 0.2) is 73.1 Å². The van der Waals surface area contributed by atoms with Crippen molar-refractivity contribution >= 4 is 10.9 Å². The molecule has 1 aliphatic rings. The molecule has 2 aromatic heterocycles. The molecular weight excluding hydrogens is 344 g/mol. The summed E-state index contributed by atoms with van der Waals surface area (Å²) < 4.78 is 0. The Hall–Kier alpha value is -2.98. The highest BCUT2D eigenvalue weighted by atomic mass is 15.1. The van der Waals surface area contributed by atoms with Crippen molar-refractivity contribution < 1.29 is 0 Å². The third-order valence-electron chi connectivity index (χ3n) is 5.82. The van der Waals surface area contributed by atoms with Crippen LogP contribution in [-0.4, -0.2) is 33.2 Å². The average molecular weight is 368 g/mol. The van der Waals surface area contributed by atoms with Gasteiger partial charge in [0.25, 0.3) is 0 Å². The molecule has 4 nitrogen and oxygen atoms in total. The number of pyridine rings is 1. The minimum absolute atomic E-state index is 0.551. The molecule has 1 N–H and O–H groups in total. The second-order valence-corrected chi connectivity index (χ2v) is 7.64. The van der Waals surface area contributed by atoms with Gasteiger partial charge in [-0.05, 0) is 55.3 Å². The van der Waals surface area contributed by atoms with Crippen LogP contribution in [0.3, 0.4) is 0 Å². The number of hydrogen-bond acceptors (Lipinski definition) is 3. The minimum atomic E-state index is 0.551. The fraction of sp³-hybridized carbons (Fsp3) is 0.250. The second-order valence-electron chi connectivity index (χ2n) is 7.64. The van der Waals surface area contributed by atoms with Crippen molar-refractivity contribution in [1.29, 1.82) is 0 Å². The summed E-state index contributed by atoms with van der Waals surface area (Å²) in [4.78, 5) is 6.98. The number of fused-ring (bicyclic) bond motifs is 1. The van der Waals surface area contributed by atoms with E-state index in [1.165, 1.54) is 27.8 Å². The van der Waals surface area contributed by atoms with Crippen molar-refractivity contribution in [3.05, 3.63) is 84.3 Å². The zero-order chi connectivity index (χ0) is 18.8. The molecule has 4 heteroatoms. The number of nitrogens with zero attached hydrogens (tertiary/aromatic N) is 3. The number of H-pyrrole nitrogens is 1. The van der Waals surface area contributed by atoms with Crippen molar-refractivity contribution in [1.82, 2.24) is 20.1 Å². The first-order valence-electron chi connectivity index (χ1n) is 10.0. The first-order valence-corrected chi connectivity index (χ1v) is 10.0. The predicted octanol–water partition coefficient (Wildman–Crippen LogP) is 5.00. The zero-order valence-corrected chi connectivity index (χ0v) is 15.9. The third kappa shape index (κ3) is 3.43. The smallest absolute Gasteiger partial charge is 0.0702 e. The topological polar surface area (TPSA) is 44.8 Å². The number of likely N-dealkylation sites (tertiary alicyclic amines) is 1. The molecule has 3 heterocycles. The molecule has 0 amide bonds. The van der Waals surface area contributed by atoms with Crippen LogP contribution < -0.4 is 0 Å². The van der Waals surface area contributed by atoms with Crippen LogP contribution in [0.1, 0.15) is 30.0 Å². The molecule has 0 radical (unpaired) electrons. The molecule has 0 aliphatic carbocycles. The van der Waals surface area contributed by atoms with E-state index in [1.54, 1.807) is 0 Å². The van der Waals surface area contributed by atoms with E-state index >= 15 is 0 Å². The van der Waals surface area contributed by atoms with Crippen molar-refractivity contribution in [3.63, 3.8) is 0 Å². The quantitative estimate of drug-likeness (QED) is 0.551. The molecule has 0 unspecified atom stereocenters. The summed E-state index contributed by atoms with van der Waals surface area (Å²) in [6.45, 7) is 3.23. The summed E-state index contributed by atoms with van der Waals surface area (Å²) in [5, 5.41) is 8.85. The summed E-state index contributed by atoms with van der Waals surface area (Å²) in [7, 11) is 0. The molecule has 28 heavy (non-hydrogen) atoms. The fourth-order valence-electron chi connectivity index (χ4n) is 4.32. The van der Waals surface area contributed by atoms with E-state index in [4.69, 9.17) is 0 Å². The van der Waals surface area contributed by atoms with Crippen LogP contribution in [0.2, 0.25) is 0 Å². The molecule has 0 bridgehead atoms. The van der Waals surface area contributed by atoms with Crippen LogP contribution in [0.25, 0.3) is 22.0 Å². The van der Waals surface area contributed by atoms with Crippen LogP contribution in [0.4, 0.5) is 0 Å². The highest BCUT2D eigenvalue weighted by molar-refractivity contribution is 5.78. The van der Waals surface area contributed by atoms with Gasteiger partial charge in [0.05, 0.1) is 11.7 Å². The maximum absolute atomic E-state index is 4.42. The van der Waals surface area contributed by atoms with Gasteiger partial charge in [0.2, 0.25) is 0 Å². The molecular formula is C24H24N4. The third-order valence-corrected chi connectivity index (χ3v) is 5.82. The number of nitrogens with one attached hydrogen (secondary N) is 1. The lowest BCUT2D eigenvalue weighted by Gasteiger charge is -2.32. The maximum Gasteiger partial charge on any atom is 0.0702 e. The van der Waals surface area contributed by atoms with E-state index in [-0.39, 0.29) is 0 Å². The highest BCUT2D eigenvalue weighted by Gasteiger charge is 2.24. The summed E-state index contributed by atoms with van der Waals surface area (Å²) in [6, 6.07) is 21.3. The van der Waals surface area contributed by atoms with Gasteiger partial charge < -0.3 is 0 Å². The van der Waals surface area contributed by atoms with Gasteiger partial charge in [-0.2, -0.15) is 5.10 Å². The van der Waals surface area contributed by atoms with Gasteiger partial charge in [-0.15, -0.1) is 0 Å². The Bertz CT molecular complexity index is 1060. The Morgan fingerprint density at radius 1 is 0.964 bits per heavy atom. The zero-order valence-electron chi connectivity index (χ0n) is 15.9. The Balaban J connectivity index is 1.26. The Morgan fingerprint density at radius 2 is 1.82 bits per heavy atom. The number of aromatic amines is 1. The molecule has 140 valence electrons. The lowest BCUT2D eigenvalue weighted by Crippen LogP contribution is -2.32. The lowest BCUT2D eigenvalue weighted by atomic mass is 9.89. The van der Waals surface area contributed by atoms with Crippen LogP contribution in [0.5, 0.6) is 0 Å². The highest BCUT2D eigenvalue weighted by Crippen LogP contribution is 2.34. The fourth-order valence-corrected chi connectivity index (χ4v) is 4.32. The van der Waals surface area contributed by atoms with E-state index < -0.39 is 0 Å². The molecule has 1 saturated heterocycles. The van der Waals surface area contributed by atoms with Gasteiger partial charge in [0.1, 0.15) is 0 Å². The summed E-state index contributed by atoms with van der Waals surface area (Å²) >= 11 is 0. The van der Waals surface area contributed by atoms with Crippen molar-refractivity contribution in [2.24, 2.45) is 0 Å². The van der Waals surface area contributed by atoms with E-state index in [0.717, 1.165) is 38.0 Å². The van der Waals surface area contributed by atoms with E-state index in [1.807, 2.05) is 18.5 Å². The first-order chi connectivity index (χ1) is 13.9. The number of benzene rings is 2. The van der Waals surface area contributed by atoms with Gasteiger partial charge in [-0.1, -0.05) is 42.5 Å². The summed E-state index contributed by atoms with van der Waals surface area (Å²) in [6.07, 6.45) is 6.15. The van der Waals surface area contributed by atoms with Crippen molar-refractivity contribution in [2.75, 3.05) is 13.1 Å². The Kier molecular flexibility index (Phi) is 4.63. The first kappa shape index (κ1) is 17.1. The van der Waals surface area contributed by atoms with Gasteiger partial charge in [0.15, 0.2) is 0 Å². The number of hydrogen-bond donors (Lipinski definition) is 1. The Labute approximate surface area is 165 Å². The molecule has 1 fully saturated rings. The second kappa shape index (κ2) is 7.56. The predicted molar refractivity (Wildman–Crippen MR) is 113 cm³/mol.